The van der Waals surface area contributed by atoms with Crippen LogP contribution in [0.15, 0.2) is 65.2 Å². The Morgan fingerprint density at radius 2 is 1.85 bits per heavy atom. The fraction of sp³-hybridized carbons (Fsp3) is 0.143. The number of fused-ring (bicyclic) bond motifs is 1. The predicted molar refractivity (Wildman–Crippen MR) is 103 cm³/mol. The van der Waals surface area contributed by atoms with E-state index in [1.54, 1.807) is 20.0 Å². The maximum Gasteiger partial charge on any atom is 0.222 e. The molecule has 0 aliphatic rings. The lowest BCUT2D eigenvalue weighted by Crippen LogP contribution is -2.15. The Bertz CT molecular complexity index is 1060. The number of benzene rings is 2. The van der Waals surface area contributed by atoms with Crippen molar-refractivity contribution in [3.05, 3.63) is 71.6 Å². The number of nitrogens with zero attached hydrogens (tertiary/aromatic N) is 2. The molecule has 26 heavy (non-hydrogen) atoms. The van der Waals surface area contributed by atoms with Gasteiger partial charge >= 0.3 is 0 Å². The van der Waals surface area contributed by atoms with Crippen LogP contribution in [0.25, 0.3) is 33.6 Å². The van der Waals surface area contributed by atoms with Gasteiger partial charge in [-0.25, -0.2) is 9.97 Å². The summed E-state index contributed by atoms with van der Waals surface area (Å²) in [7, 11) is 0. The third kappa shape index (κ3) is 3.09. The lowest BCUT2D eigenvalue weighted by Gasteiger charge is -2.18. The number of aliphatic hydroxyl groups is 1. The summed E-state index contributed by atoms with van der Waals surface area (Å²) in [6.07, 6.45) is 1.67. The van der Waals surface area contributed by atoms with Crippen LogP contribution in [-0.2, 0) is 5.60 Å². The van der Waals surface area contributed by atoms with E-state index in [2.05, 4.69) is 9.97 Å². The fourth-order valence-electron chi connectivity index (χ4n) is 2.92. The minimum atomic E-state index is -0.952. The molecule has 1 N–H and O–H groups in total. The highest BCUT2D eigenvalue weighted by Crippen LogP contribution is 2.35. The van der Waals surface area contributed by atoms with Crippen LogP contribution < -0.4 is 0 Å². The Balaban J connectivity index is 1.91. The molecule has 0 aliphatic carbocycles. The number of furan rings is 1. The molecule has 4 rings (SSSR count). The van der Waals surface area contributed by atoms with Crippen molar-refractivity contribution in [2.45, 2.75) is 19.4 Å². The van der Waals surface area contributed by atoms with E-state index in [4.69, 9.17) is 16.0 Å². The van der Waals surface area contributed by atoms with Gasteiger partial charge in [0.1, 0.15) is 11.3 Å². The molecule has 2 aromatic heterocycles. The van der Waals surface area contributed by atoms with E-state index in [1.165, 1.54) is 0 Å². The molecule has 0 saturated carbocycles. The van der Waals surface area contributed by atoms with Gasteiger partial charge in [0.2, 0.25) is 5.28 Å². The zero-order valence-electron chi connectivity index (χ0n) is 14.4. The van der Waals surface area contributed by atoms with E-state index in [0.29, 0.717) is 11.5 Å². The fourth-order valence-corrected chi connectivity index (χ4v) is 3.06. The average molecular weight is 365 g/mol. The van der Waals surface area contributed by atoms with Gasteiger partial charge in [0, 0.05) is 17.1 Å². The van der Waals surface area contributed by atoms with Crippen molar-refractivity contribution in [1.29, 1.82) is 0 Å². The summed E-state index contributed by atoms with van der Waals surface area (Å²) in [5.41, 5.74) is 2.89. The van der Waals surface area contributed by atoms with Crippen LogP contribution in [-0.4, -0.2) is 15.1 Å². The molecule has 4 nitrogen and oxygen atoms in total. The Morgan fingerprint density at radius 1 is 1.04 bits per heavy atom. The summed E-state index contributed by atoms with van der Waals surface area (Å²) in [6, 6.07) is 17.4. The van der Waals surface area contributed by atoms with Crippen molar-refractivity contribution in [3.63, 3.8) is 0 Å². The molecule has 0 radical (unpaired) electrons. The van der Waals surface area contributed by atoms with E-state index in [-0.39, 0.29) is 5.28 Å². The number of para-hydroxylation sites is 1. The van der Waals surface area contributed by atoms with E-state index in [9.17, 15) is 5.11 Å². The second-order valence-electron chi connectivity index (χ2n) is 6.69. The maximum absolute atomic E-state index is 10.3. The van der Waals surface area contributed by atoms with Crippen molar-refractivity contribution >= 4 is 22.6 Å². The second kappa shape index (κ2) is 6.24. The van der Waals surface area contributed by atoms with Gasteiger partial charge in [0.25, 0.3) is 0 Å². The van der Waals surface area contributed by atoms with Crippen LogP contribution in [0, 0.1) is 0 Å². The third-order valence-corrected chi connectivity index (χ3v) is 4.47. The van der Waals surface area contributed by atoms with Gasteiger partial charge in [-0.15, -0.1) is 0 Å². The quantitative estimate of drug-likeness (QED) is 0.492. The minimum Gasteiger partial charge on any atom is -0.456 e. The number of hydrogen-bond acceptors (Lipinski definition) is 4. The first-order valence-corrected chi connectivity index (χ1v) is 8.64. The van der Waals surface area contributed by atoms with E-state index < -0.39 is 5.60 Å². The van der Waals surface area contributed by atoms with Crippen molar-refractivity contribution in [2.24, 2.45) is 0 Å². The van der Waals surface area contributed by atoms with Crippen LogP contribution in [0.2, 0.25) is 5.28 Å². The molecule has 0 amide bonds. The number of hydrogen-bond donors (Lipinski definition) is 1. The van der Waals surface area contributed by atoms with E-state index >= 15 is 0 Å². The Labute approximate surface area is 156 Å². The van der Waals surface area contributed by atoms with Gasteiger partial charge in [0.05, 0.1) is 16.9 Å². The van der Waals surface area contributed by atoms with Gasteiger partial charge in [-0.05, 0) is 49.2 Å². The zero-order chi connectivity index (χ0) is 18.3. The van der Waals surface area contributed by atoms with Crippen molar-refractivity contribution in [2.75, 3.05) is 0 Å². The largest absolute Gasteiger partial charge is 0.456 e. The number of aromatic nitrogens is 2. The lowest BCUT2D eigenvalue weighted by molar-refractivity contribution is 0.0786. The standard InChI is InChI=1S/C21H17ClN2O2/c1-21(2,25)15-8-5-7-14(10-15)19-16(12-23-20(22)24-19)18-11-13-6-3-4-9-17(13)26-18/h3-12,25H,1-2H3. The normalized spacial score (nSPS) is 11.8. The topological polar surface area (TPSA) is 59.2 Å². The maximum atomic E-state index is 10.3. The first-order valence-electron chi connectivity index (χ1n) is 8.26. The van der Waals surface area contributed by atoms with Crippen LogP contribution in [0.5, 0.6) is 0 Å². The van der Waals surface area contributed by atoms with Gasteiger partial charge < -0.3 is 9.52 Å². The SMILES string of the molecule is CC(C)(O)c1cccc(-c2nc(Cl)ncc2-c2cc3ccccc3o2)c1. The molecule has 0 bridgehead atoms. The summed E-state index contributed by atoms with van der Waals surface area (Å²) in [6.45, 7) is 3.50. The van der Waals surface area contributed by atoms with Gasteiger partial charge in [-0.2, -0.15) is 0 Å². The van der Waals surface area contributed by atoms with Gasteiger partial charge in [-0.3, -0.25) is 0 Å². The first-order chi connectivity index (χ1) is 12.4. The highest BCUT2D eigenvalue weighted by Gasteiger charge is 2.19. The molecule has 0 atom stereocenters. The summed E-state index contributed by atoms with van der Waals surface area (Å²) in [5, 5.41) is 11.5. The zero-order valence-corrected chi connectivity index (χ0v) is 15.2. The summed E-state index contributed by atoms with van der Waals surface area (Å²) < 4.78 is 5.98. The molecule has 0 spiro atoms. The highest BCUT2D eigenvalue weighted by molar-refractivity contribution is 6.28. The van der Waals surface area contributed by atoms with Crippen molar-refractivity contribution in [3.8, 4) is 22.6 Å². The molecular weight excluding hydrogens is 348 g/mol. The molecule has 0 saturated heterocycles. The third-order valence-electron chi connectivity index (χ3n) is 4.29. The van der Waals surface area contributed by atoms with Crippen molar-refractivity contribution in [1.82, 2.24) is 9.97 Å². The molecule has 4 aromatic rings. The second-order valence-corrected chi connectivity index (χ2v) is 7.03. The molecule has 0 unspecified atom stereocenters. The summed E-state index contributed by atoms with van der Waals surface area (Å²) in [5.74, 6) is 0.673. The predicted octanol–water partition coefficient (Wildman–Crippen LogP) is 5.44. The summed E-state index contributed by atoms with van der Waals surface area (Å²) >= 11 is 6.06. The van der Waals surface area contributed by atoms with Crippen LogP contribution >= 0.6 is 11.6 Å². The van der Waals surface area contributed by atoms with Crippen LogP contribution in [0.3, 0.4) is 0 Å². The Kier molecular flexibility index (Phi) is 4.02. The average Bonchev–Trinajstić information content (AvgIpc) is 3.05. The molecule has 5 heteroatoms. The molecular formula is C21H17ClN2O2. The molecule has 2 heterocycles. The monoisotopic (exact) mass is 364 g/mol. The minimum absolute atomic E-state index is 0.161. The van der Waals surface area contributed by atoms with Crippen molar-refractivity contribution < 1.29 is 9.52 Å². The first kappa shape index (κ1) is 16.8. The van der Waals surface area contributed by atoms with Crippen LogP contribution in [0.1, 0.15) is 19.4 Å². The molecule has 2 aromatic carbocycles. The van der Waals surface area contributed by atoms with E-state index in [0.717, 1.165) is 27.7 Å². The van der Waals surface area contributed by atoms with Gasteiger partial charge in [-0.1, -0.05) is 36.4 Å². The lowest BCUT2D eigenvalue weighted by atomic mass is 9.94. The molecule has 0 aliphatic heterocycles. The van der Waals surface area contributed by atoms with Crippen LogP contribution in [0.4, 0.5) is 0 Å². The summed E-state index contributed by atoms with van der Waals surface area (Å²) in [4.78, 5) is 8.55. The molecule has 0 fully saturated rings. The number of rotatable bonds is 3. The smallest absolute Gasteiger partial charge is 0.222 e. The number of halogens is 1. The molecule has 130 valence electrons. The Hall–Kier alpha value is -2.69. The van der Waals surface area contributed by atoms with Gasteiger partial charge in [0.15, 0.2) is 0 Å². The van der Waals surface area contributed by atoms with E-state index in [1.807, 2.05) is 54.6 Å². The highest BCUT2D eigenvalue weighted by atomic mass is 35.5. The Morgan fingerprint density at radius 3 is 2.62 bits per heavy atom.